The van der Waals surface area contributed by atoms with Crippen LogP contribution < -0.4 is 0 Å². The van der Waals surface area contributed by atoms with Gasteiger partial charge in [-0.15, -0.1) is 0 Å². The van der Waals surface area contributed by atoms with Crippen LogP contribution in [0.3, 0.4) is 0 Å². The van der Waals surface area contributed by atoms with Crippen molar-refractivity contribution in [2.45, 2.75) is 63.2 Å². The summed E-state index contributed by atoms with van der Waals surface area (Å²) in [7, 11) is 0. The van der Waals surface area contributed by atoms with Crippen LogP contribution in [-0.2, 0) is 23.1 Å². The molecule has 39 heavy (non-hydrogen) atoms. The van der Waals surface area contributed by atoms with E-state index in [1.165, 1.54) is 12.1 Å². The molecule has 5 aliphatic rings. The lowest BCUT2D eigenvalue weighted by Gasteiger charge is -2.61. The second kappa shape index (κ2) is 9.57. The van der Waals surface area contributed by atoms with Crippen LogP contribution in [0.2, 0.25) is 0 Å². The van der Waals surface area contributed by atoms with Crippen LogP contribution in [0.1, 0.15) is 56.1 Å². The minimum Gasteiger partial charge on any atom is -0.358 e. The maximum Gasteiger partial charge on any atom is 0.416 e. The quantitative estimate of drug-likeness (QED) is 0.314. The van der Waals surface area contributed by atoms with Gasteiger partial charge in [0, 0.05) is 39.1 Å². The van der Waals surface area contributed by atoms with Gasteiger partial charge in [0.25, 0.3) is 0 Å². The fraction of sp³-hybridized carbons (Fsp3) is 0.630. The predicted molar refractivity (Wildman–Crippen MR) is 140 cm³/mol. The van der Waals surface area contributed by atoms with Crippen LogP contribution in [0.25, 0.3) is 0 Å². The predicted octanol–water partition coefficient (Wildman–Crippen LogP) is 5.60. The molecule has 0 radical (unpaired) electrons. The molecule has 1 aliphatic heterocycles. The normalized spacial score (nSPS) is 30.6. The van der Waals surface area contributed by atoms with Crippen molar-refractivity contribution in [2.24, 2.45) is 17.3 Å². The van der Waals surface area contributed by atoms with Crippen LogP contribution in [0.5, 0.6) is 0 Å². The van der Waals surface area contributed by atoms with Gasteiger partial charge in [0.05, 0.1) is 22.4 Å². The largest absolute Gasteiger partial charge is 0.416 e. The van der Waals surface area contributed by atoms with E-state index >= 15 is 0 Å². The van der Waals surface area contributed by atoms with Gasteiger partial charge in [0.15, 0.2) is 0 Å². The zero-order chi connectivity index (χ0) is 27.6. The van der Waals surface area contributed by atoms with Crippen LogP contribution in [0, 0.1) is 27.4 Å². The van der Waals surface area contributed by atoms with E-state index in [1.54, 1.807) is 12.3 Å². The van der Waals surface area contributed by atoms with Crippen molar-refractivity contribution < 1.29 is 22.9 Å². The van der Waals surface area contributed by atoms with Crippen molar-refractivity contribution in [3.8, 4) is 0 Å². The summed E-state index contributed by atoms with van der Waals surface area (Å²) in [5, 5.41) is 15.8. The number of aromatic nitrogens is 2. The highest BCUT2D eigenvalue weighted by molar-refractivity contribution is 9.10. The van der Waals surface area contributed by atoms with Gasteiger partial charge in [-0.1, -0.05) is 18.2 Å². The summed E-state index contributed by atoms with van der Waals surface area (Å²) in [4.78, 5) is 28.5. The van der Waals surface area contributed by atoms with Crippen molar-refractivity contribution in [3.05, 3.63) is 56.2 Å². The number of carbonyl (C=O) groups is 1. The SMILES string of the molecule is O=C(CC12CC3CC(C1)CC(n1cc(Br)c([N+](=O)[O-])n1)(C3)C2)N1CCN(Cc2cccc(C(F)(F)F)c2)CC1. The number of nitro groups is 1. The fourth-order valence-corrected chi connectivity index (χ4v) is 8.70. The molecular weight excluding hydrogens is 579 g/mol. The van der Waals surface area contributed by atoms with Gasteiger partial charge < -0.3 is 15.0 Å². The molecule has 2 aromatic rings. The first-order chi connectivity index (χ1) is 18.4. The molecule has 2 atom stereocenters. The summed E-state index contributed by atoms with van der Waals surface area (Å²) < 4.78 is 41.4. The molecule has 4 aliphatic carbocycles. The Morgan fingerprint density at radius 1 is 1.13 bits per heavy atom. The molecular formula is C27H31BrF3N5O3. The van der Waals surface area contributed by atoms with Crippen LogP contribution >= 0.6 is 15.9 Å². The van der Waals surface area contributed by atoms with Gasteiger partial charge in [-0.2, -0.15) is 17.9 Å². The summed E-state index contributed by atoms with van der Waals surface area (Å²) >= 11 is 3.30. The van der Waals surface area contributed by atoms with Crippen LogP contribution in [0.4, 0.5) is 19.0 Å². The highest BCUT2D eigenvalue weighted by Gasteiger charge is 2.60. The van der Waals surface area contributed by atoms with E-state index < -0.39 is 16.7 Å². The lowest BCUT2D eigenvalue weighted by Crippen LogP contribution is -2.58. The number of carbonyl (C=O) groups excluding carboxylic acids is 1. The Hall–Kier alpha value is -2.47. The first-order valence-corrected chi connectivity index (χ1v) is 14.3. The first kappa shape index (κ1) is 26.7. The number of piperazine rings is 1. The van der Waals surface area contributed by atoms with E-state index in [0.29, 0.717) is 61.0 Å². The van der Waals surface area contributed by atoms with E-state index in [0.717, 1.165) is 44.6 Å². The van der Waals surface area contributed by atoms with Crippen molar-refractivity contribution in [3.63, 3.8) is 0 Å². The Labute approximate surface area is 232 Å². The minimum absolute atomic E-state index is 0.121. The number of benzene rings is 1. The molecule has 0 spiro atoms. The van der Waals surface area contributed by atoms with Crippen molar-refractivity contribution in [1.29, 1.82) is 0 Å². The molecule has 5 fully saturated rings. The summed E-state index contributed by atoms with van der Waals surface area (Å²) in [5.41, 5.74) is -0.429. The summed E-state index contributed by atoms with van der Waals surface area (Å²) in [6.07, 6.45) is 3.71. The fourth-order valence-electron chi connectivity index (χ4n) is 8.28. The Kier molecular flexibility index (Phi) is 6.56. The Balaban J connectivity index is 1.10. The molecule has 2 heterocycles. The average Bonchev–Trinajstić information content (AvgIpc) is 3.26. The van der Waals surface area contributed by atoms with Crippen molar-refractivity contribution in [1.82, 2.24) is 19.6 Å². The summed E-state index contributed by atoms with van der Waals surface area (Å²) in [6.45, 7) is 2.78. The molecule has 8 nitrogen and oxygen atoms in total. The maximum absolute atomic E-state index is 13.6. The van der Waals surface area contributed by atoms with Gasteiger partial charge in [0.1, 0.15) is 4.47 Å². The molecule has 1 aromatic heterocycles. The minimum atomic E-state index is -4.36. The van der Waals surface area contributed by atoms with E-state index in [2.05, 4.69) is 25.9 Å². The first-order valence-electron chi connectivity index (χ1n) is 13.5. The van der Waals surface area contributed by atoms with Gasteiger partial charge in [0.2, 0.25) is 5.91 Å². The van der Waals surface area contributed by atoms with Gasteiger partial charge in [-0.25, -0.2) is 0 Å². The molecule has 4 saturated carbocycles. The topological polar surface area (TPSA) is 84.5 Å². The molecule has 1 aromatic carbocycles. The molecule has 210 valence electrons. The third-order valence-electron chi connectivity index (χ3n) is 9.37. The number of halogens is 4. The van der Waals surface area contributed by atoms with Crippen molar-refractivity contribution in [2.75, 3.05) is 26.2 Å². The molecule has 7 rings (SSSR count). The monoisotopic (exact) mass is 609 g/mol. The highest BCUT2D eigenvalue weighted by atomic mass is 79.9. The Morgan fingerprint density at radius 3 is 2.44 bits per heavy atom. The third kappa shape index (κ3) is 5.10. The maximum atomic E-state index is 13.6. The number of rotatable bonds is 6. The third-order valence-corrected chi connectivity index (χ3v) is 9.93. The molecule has 0 N–H and O–H groups in total. The molecule has 12 heteroatoms. The number of hydrogen-bond acceptors (Lipinski definition) is 5. The molecule has 2 unspecified atom stereocenters. The zero-order valence-electron chi connectivity index (χ0n) is 21.5. The summed E-state index contributed by atoms with van der Waals surface area (Å²) in [5.74, 6) is 0.952. The van der Waals surface area contributed by atoms with Gasteiger partial charge in [-0.3, -0.25) is 9.69 Å². The molecule has 1 saturated heterocycles. The van der Waals surface area contributed by atoms with E-state index in [-0.39, 0.29) is 22.7 Å². The molecule has 1 amide bonds. The van der Waals surface area contributed by atoms with E-state index in [4.69, 9.17) is 0 Å². The van der Waals surface area contributed by atoms with Gasteiger partial charge >= 0.3 is 12.0 Å². The second-order valence-corrected chi connectivity index (χ2v) is 13.1. The van der Waals surface area contributed by atoms with Gasteiger partial charge in [-0.05, 0) is 88.3 Å². The number of hydrogen-bond donors (Lipinski definition) is 0. The van der Waals surface area contributed by atoms with Crippen molar-refractivity contribution >= 4 is 27.7 Å². The van der Waals surface area contributed by atoms with Crippen LogP contribution in [-0.4, -0.2) is 56.6 Å². The molecule has 4 bridgehead atoms. The van der Waals surface area contributed by atoms with Crippen LogP contribution in [0.15, 0.2) is 34.9 Å². The number of alkyl halides is 3. The smallest absolute Gasteiger partial charge is 0.358 e. The average molecular weight is 610 g/mol. The highest BCUT2D eigenvalue weighted by Crippen LogP contribution is 2.65. The standard InChI is InChI=1S/C27H31BrF3N5O3/c28-22-16-35(32-24(22)36(38)39)26-12-19-8-20(13-26)11-25(10-19,17-26)14-23(37)34-6-4-33(5-7-34)15-18-2-1-3-21(9-18)27(29,30)31/h1-3,9,16,19-20H,4-8,10-15,17H2. The Morgan fingerprint density at radius 2 is 1.82 bits per heavy atom. The van der Waals surface area contributed by atoms with E-state index in [9.17, 15) is 28.1 Å². The summed E-state index contributed by atoms with van der Waals surface area (Å²) in [6, 6.07) is 5.44. The lowest BCUT2D eigenvalue weighted by atomic mass is 9.46. The zero-order valence-corrected chi connectivity index (χ0v) is 23.1. The lowest BCUT2D eigenvalue weighted by molar-refractivity contribution is -0.390. The number of amides is 1. The van der Waals surface area contributed by atoms with E-state index in [1.807, 2.05) is 9.58 Å². The Bertz CT molecular complexity index is 1280. The second-order valence-electron chi connectivity index (χ2n) is 12.2. The number of nitrogens with zero attached hydrogens (tertiary/aromatic N) is 5.